The summed E-state index contributed by atoms with van der Waals surface area (Å²) in [6, 6.07) is 8.26. The topological polar surface area (TPSA) is 63.7 Å². The number of guanidine groups is 1. The Kier molecular flexibility index (Phi) is 6.84. The predicted molar refractivity (Wildman–Crippen MR) is 102 cm³/mol. The smallest absolute Gasteiger partial charge is 0.191 e. The molecular weight excluding hydrogens is 411 g/mol. The maximum Gasteiger partial charge on any atom is 0.191 e. The zero-order valence-corrected chi connectivity index (χ0v) is 15.5. The van der Waals surface area contributed by atoms with Gasteiger partial charge in [0.1, 0.15) is 0 Å². The molecule has 7 heteroatoms. The molecule has 1 fully saturated rings. The maximum absolute atomic E-state index is 6.00. The Hall–Kier alpha value is -0.930. The minimum Gasteiger partial charge on any atom is -0.378 e. The van der Waals surface area contributed by atoms with Crippen molar-refractivity contribution < 1.29 is 4.74 Å². The number of morpholine rings is 1. The zero-order valence-electron chi connectivity index (χ0n) is 12.4. The first-order valence-electron chi connectivity index (χ1n) is 7.30. The van der Waals surface area contributed by atoms with Crippen molar-refractivity contribution in [3.8, 4) is 0 Å². The molecule has 22 heavy (non-hydrogen) atoms. The number of thiazole rings is 1. The van der Waals surface area contributed by atoms with Gasteiger partial charge in [0.05, 0.1) is 28.4 Å². The lowest BCUT2D eigenvalue weighted by Crippen LogP contribution is -2.44. The molecule has 1 saturated heterocycles. The second-order valence-electron chi connectivity index (χ2n) is 5.02. The van der Waals surface area contributed by atoms with Crippen molar-refractivity contribution >= 4 is 51.5 Å². The van der Waals surface area contributed by atoms with Gasteiger partial charge >= 0.3 is 0 Å². The van der Waals surface area contributed by atoms with Gasteiger partial charge in [-0.2, -0.15) is 0 Å². The fourth-order valence-electron chi connectivity index (χ4n) is 2.34. The number of para-hydroxylation sites is 1. The van der Waals surface area contributed by atoms with Gasteiger partial charge in [-0.3, -0.25) is 4.99 Å². The van der Waals surface area contributed by atoms with Crippen LogP contribution in [0.5, 0.6) is 0 Å². The molecule has 2 aromatic rings. The third-order valence-corrected chi connectivity index (χ3v) is 4.59. The molecule has 0 unspecified atom stereocenters. The largest absolute Gasteiger partial charge is 0.378 e. The maximum atomic E-state index is 6.00. The number of aromatic nitrogens is 1. The molecule has 0 aliphatic carbocycles. The van der Waals surface area contributed by atoms with E-state index < -0.39 is 0 Å². The number of rotatable bonds is 4. The lowest BCUT2D eigenvalue weighted by molar-refractivity contribution is 0.0674. The van der Waals surface area contributed by atoms with E-state index in [0.717, 1.165) is 51.2 Å². The molecule has 3 rings (SSSR count). The highest BCUT2D eigenvalue weighted by Crippen LogP contribution is 2.22. The van der Waals surface area contributed by atoms with Gasteiger partial charge in [-0.05, 0) is 18.6 Å². The van der Waals surface area contributed by atoms with E-state index in [0.29, 0.717) is 5.96 Å². The van der Waals surface area contributed by atoms with Gasteiger partial charge in [0.2, 0.25) is 0 Å². The summed E-state index contributed by atoms with van der Waals surface area (Å²) in [5.74, 6) is 0.641. The Balaban J connectivity index is 0.00000176. The molecule has 0 bridgehead atoms. The van der Waals surface area contributed by atoms with Crippen molar-refractivity contribution in [2.45, 2.75) is 12.8 Å². The highest BCUT2D eigenvalue weighted by atomic mass is 127. The standard InChI is InChI=1S/C15H20N4OS.HI/c16-15(19-8-10-20-11-9-19)17-7-3-6-14-18-12-4-1-2-5-13(12)21-14;/h1-2,4-5H,3,6-11H2,(H2,16,17);1H. The molecule has 120 valence electrons. The summed E-state index contributed by atoms with van der Waals surface area (Å²) in [6.45, 7) is 3.91. The van der Waals surface area contributed by atoms with Gasteiger partial charge in [-0.1, -0.05) is 12.1 Å². The molecule has 1 aromatic carbocycles. The first kappa shape index (κ1) is 17.4. The normalized spacial score (nSPS) is 15.8. The van der Waals surface area contributed by atoms with E-state index >= 15 is 0 Å². The monoisotopic (exact) mass is 432 g/mol. The summed E-state index contributed by atoms with van der Waals surface area (Å²) in [6.07, 6.45) is 1.93. The van der Waals surface area contributed by atoms with Crippen molar-refractivity contribution in [2.24, 2.45) is 10.7 Å². The van der Waals surface area contributed by atoms with Crippen molar-refractivity contribution in [3.05, 3.63) is 29.3 Å². The van der Waals surface area contributed by atoms with Crippen LogP contribution < -0.4 is 5.73 Å². The molecule has 1 aromatic heterocycles. The summed E-state index contributed by atoms with van der Waals surface area (Å²) in [5.41, 5.74) is 7.09. The van der Waals surface area contributed by atoms with Crippen LogP contribution >= 0.6 is 35.3 Å². The predicted octanol–water partition coefficient (Wildman–Crippen LogP) is 2.49. The molecule has 0 atom stereocenters. The summed E-state index contributed by atoms with van der Waals surface area (Å²) in [5, 5.41) is 1.18. The van der Waals surface area contributed by atoms with Crippen LogP contribution in [0.15, 0.2) is 29.3 Å². The molecular formula is C15H21IN4OS. The summed E-state index contributed by atoms with van der Waals surface area (Å²) >= 11 is 1.77. The van der Waals surface area contributed by atoms with Crippen molar-refractivity contribution in [3.63, 3.8) is 0 Å². The van der Waals surface area contributed by atoms with Crippen LogP contribution in [-0.4, -0.2) is 48.7 Å². The fourth-order valence-corrected chi connectivity index (χ4v) is 3.35. The van der Waals surface area contributed by atoms with E-state index in [-0.39, 0.29) is 24.0 Å². The SMILES string of the molecule is I.NC(=NCCCc1nc2ccccc2s1)N1CCOCC1. The van der Waals surface area contributed by atoms with Gasteiger partial charge in [-0.25, -0.2) is 4.98 Å². The number of ether oxygens (including phenoxy) is 1. The first-order valence-corrected chi connectivity index (χ1v) is 8.11. The van der Waals surface area contributed by atoms with Crippen molar-refractivity contribution in [1.82, 2.24) is 9.88 Å². The van der Waals surface area contributed by atoms with E-state index in [1.54, 1.807) is 11.3 Å². The van der Waals surface area contributed by atoms with E-state index in [4.69, 9.17) is 10.5 Å². The Labute approximate surface area is 151 Å². The Morgan fingerprint density at radius 1 is 1.32 bits per heavy atom. The second-order valence-corrected chi connectivity index (χ2v) is 6.13. The lowest BCUT2D eigenvalue weighted by Gasteiger charge is -2.27. The number of nitrogens with zero attached hydrogens (tertiary/aromatic N) is 3. The van der Waals surface area contributed by atoms with Crippen molar-refractivity contribution in [1.29, 1.82) is 0 Å². The molecule has 5 nitrogen and oxygen atoms in total. The summed E-state index contributed by atoms with van der Waals surface area (Å²) in [7, 11) is 0. The van der Waals surface area contributed by atoms with E-state index in [2.05, 4.69) is 33.1 Å². The second kappa shape index (κ2) is 8.64. The first-order chi connectivity index (χ1) is 10.3. The molecule has 1 aliphatic rings. The van der Waals surface area contributed by atoms with Gasteiger partial charge < -0.3 is 15.4 Å². The van der Waals surface area contributed by atoms with E-state index in [9.17, 15) is 0 Å². The quantitative estimate of drug-likeness (QED) is 0.349. The number of aliphatic imine (C=N–C) groups is 1. The number of aryl methyl sites for hydroxylation is 1. The number of hydrogen-bond acceptors (Lipinski definition) is 4. The molecule has 0 amide bonds. The van der Waals surface area contributed by atoms with Crippen LogP contribution in [0.1, 0.15) is 11.4 Å². The Bertz CT molecular complexity index is 592. The zero-order chi connectivity index (χ0) is 14.5. The number of hydrogen-bond donors (Lipinski definition) is 1. The fraction of sp³-hybridized carbons (Fsp3) is 0.467. The molecule has 0 saturated carbocycles. The highest BCUT2D eigenvalue weighted by Gasteiger charge is 2.11. The van der Waals surface area contributed by atoms with Crippen molar-refractivity contribution in [2.75, 3.05) is 32.8 Å². The summed E-state index contributed by atoms with van der Waals surface area (Å²) < 4.78 is 6.56. The van der Waals surface area contributed by atoms with Gasteiger partial charge in [0, 0.05) is 26.1 Å². The third kappa shape index (κ3) is 4.53. The van der Waals surface area contributed by atoms with Gasteiger partial charge in [-0.15, -0.1) is 35.3 Å². The van der Waals surface area contributed by atoms with Crippen LogP contribution in [0.2, 0.25) is 0 Å². The van der Waals surface area contributed by atoms with E-state index in [1.165, 1.54) is 9.71 Å². The highest BCUT2D eigenvalue weighted by molar-refractivity contribution is 14.0. The van der Waals surface area contributed by atoms with E-state index in [1.807, 2.05) is 6.07 Å². The Morgan fingerprint density at radius 3 is 2.86 bits per heavy atom. The number of fused-ring (bicyclic) bond motifs is 1. The molecule has 0 radical (unpaired) electrons. The minimum atomic E-state index is 0. The van der Waals surface area contributed by atoms with Crippen LogP contribution in [0.4, 0.5) is 0 Å². The van der Waals surface area contributed by atoms with Gasteiger partial charge in [0.25, 0.3) is 0 Å². The van der Waals surface area contributed by atoms with Crippen LogP contribution in [0.3, 0.4) is 0 Å². The van der Waals surface area contributed by atoms with Crippen LogP contribution in [0.25, 0.3) is 10.2 Å². The number of benzene rings is 1. The number of nitrogens with two attached hydrogens (primary N) is 1. The third-order valence-electron chi connectivity index (χ3n) is 3.50. The molecule has 2 heterocycles. The summed E-state index contributed by atoms with van der Waals surface area (Å²) in [4.78, 5) is 11.2. The minimum absolute atomic E-state index is 0. The lowest BCUT2D eigenvalue weighted by atomic mass is 10.3. The van der Waals surface area contributed by atoms with Crippen LogP contribution in [0, 0.1) is 0 Å². The Morgan fingerprint density at radius 2 is 2.09 bits per heavy atom. The molecule has 2 N–H and O–H groups in total. The molecule has 0 spiro atoms. The van der Waals surface area contributed by atoms with Crippen LogP contribution in [-0.2, 0) is 11.2 Å². The van der Waals surface area contributed by atoms with Gasteiger partial charge in [0.15, 0.2) is 5.96 Å². The molecule has 1 aliphatic heterocycles. The number of halogens is 1. The average molecular weight is 432 g/mol. The average Bonchev–Trinajstić information content (AvgIpc) is 2.95.